The van der Waals surface area contributed by atoms with E-state index < -0.39 is 0 Å². The zero-order valence-electron chi connectivity index (χ0n) is 12.9. The highest BCUT2D eigenvalue weighted by Gasteiger charge is 2.09. The Hall–Kier alpha value is -1.63. The van der Waals surface area contributed by atoms with Crippen LogP contribution in [0.25, 0.3) is 11.5 Å². The van der Waals surface area contributed by atoms with Crippen molar-refractivity contribution in [3.63, 3.8) is 0 Å². The number of methoxy groups -OCH3 is 1. The molecule has 7 heteroatoms. The molecule has 1 aromatic heterocycles. The zero-order valence-corrected chi connectivity index (χ0v) is 15.3. The van der Waals surface area contributed by atoms with Crippen molar-refractivity contribution in [2.24, 2.45) is 0 Å². The molecule has 3 rings (SSSR count). The predicted octanol–water partition coefficient (Wildman–Crippen LogP) is 5.28. The van der Waals surface area contributed by atoms with Crippen molar-refractivity contribution in [1.29, 1.82) is 0 Å². The highest BCUT2D eigenvalue weighted by atomic mass is 35.5. The second-order valence-electron chi connectivity index (χ2n) is 4.75. The first-order valence-electron chi connectivity index (χ1n) is 7.24. The Balaban J connectivity index is 1.49. The normalized spacial score (nSPS) is 10.8. The number of benzene rings is 2. The van der Waals surface area contributed by atoms with Crippen LogP contribution >= 0.6 is 35.1 Å². The first-order chi connectivity index (χ1) is 11.7. The molecule has 0 spiro atoms. The molecule has 0 aliphatic carbocycles. The lowest BCUT2D eigenvalue weighted by Crippen LogP contribution is -1.84. The molecule has 1 heterocycles. The van der Waals surface area contributed by atoms with Crippen molar-refractivity contribution < 1.29 is 9.15 Å². The van der Waals surface area contributed by atoms with Gasteiger partial charge in [0.25, 0.3) is 5.22 Å². The minimum Gasteiger partial charge on any atom is -0.497 e. The lowest BCUT2D eigenvalue weighted by Gasteiger charge is -2.00. The number of halogens is 1. The van der Waals surface area contributed by atoms with Gasteiger partial charge in [-0.3, -0.25) is 0 Å². The summed E-state index contributed by atoms with van der Waals surface area (Å²) in [6.45, 7) is 0. The van der Waals surface area contributed by atoms with E-state index >= 15 is 0 Å². The van der Waals surface area contributed by atoms with E-state index in [1.807, 2.05) is 48.5 Å². The van der Waals surface area contributed by atoms with E-state index in [0.717, 1.165) is 27.8 Å². The number of aromatic nitrogens is 2. The van der Waals surface area contributed by atoms with Gasteiger partial charge in [0.2, 0.25) is 5.89 Å². The summed E-state index contributed by atoms with van der Waals surface area (Å²) in [4.78, 5) is 1.20. The molecular weight excluding hydrogens is 364 g/mol. The van der Waals surface area contributed by atoms with Crippen LogP contribution < -0.4 is 4.74 Å². The van der Waals surface area contributed by atoms with Gasteiger partial charge in [0, 0.05) is 27.0 Å². The molecule has 0 aliphatic heterocycles. The topological polar surface area (TPSA) is 48.2 Å². The number of ether oxygens (including phenoxy) is 1. The summed E-state index contributed by atoms with van der Waals surface area (Å²) in [6.07, 6.45) is 0. The average molecular weight is 379 g/mol. The largest absolute Gasteiger partial charge is 0.497 e. The molecule has 4 nitrogen and oxygen atoms in total. The number of hydrogen-bond donors (Lipinski definition) is 0. The first-order valence-corrected chi connectivity index (χ1v) is 9.58. The summed E-state index contributed by atoms with van der Waals surface area (Å²) < 4.78 is 10.8. The molecule has 24 heavy (non-hydrogen) atoms. The molecular formula is C17H15ClN2O2S2. The zero-order chi connectivity index (χ0) is 16.8. The standard InChI is InChI=1S/C17H15ClN2O2S2/c1-21-14-6-2-12(3-7-14)16-19-20-17(22-16)24-11-10-23-15-8-4-13(18)5-9-15/h2-9H,10-11H2,1H3. The molecule has 2 aromatic carbocycles. The predicted molar refractivity (Wildman–Crippen MR) is 99.2 cm³/mol. The summed E-state index contributed by atoms with van der Waals surface area (Å²) in [6, 6.07) is 15.4. The second-order valence-corrected chi connectivity index (χ2v) is 7.40. The maximum atomic E-state index is 5.87. The number of hydrogen-bond acceptors (Lipinski definition) is 6. The molecule has 0 radical (unpaired) electrons. The van der Waals surface area contributed by atoms with Crippen LogP contribution in [-0.4, -0.2) is 28.8 Å². The summed E-state index contributed by atoms with van der Waals surface area (Å²) in [5.74, 6) is 3.15. The summed E-state index contributed by atoms with van der Waals surface area (Å²) in [7, 11) is 1.64. The van der Waals surface area contributed by atoms with Gasteiger partial charge in [-0.15, -0.1) is 22.0 Å². The first kappa shape index (κ1) is 17.2. The highest BCUT2D eigenvalue weighted by Crippen LogP contribution is 2.26. The van der Waals surface area contributed by atoms with Gasteiger partial charge in [0.1, 0.15) is 5.75 Å². The molecule has 0 saturated carbocycles. The van der Waals surface area contributed by atoms with E-state index in [2.05, 4.69) is 10.2 Å². The van der Waals surface area contributed by atoms with Crippen molar-refractivity contribution in [1.82, 2.24) is 10.2 Å². The van der Waals surface area contributed by atoms with Crippen LogP contribution in [0.1, 0.15) is 0 Å². The maximum Gasteiger partial charge on any atom is 0.276 e. The smallest absolute Gasteiger partial charge is 0.276 e. The Morgan fingerprint density at radius 2 is 1.67 bits per heavy atom. The fourth-order valence-corrected chi connectivity index (χ4v) is 3.71. The van der Waals surface area contributed by atoms with Gasteiger partial charge in [0.05, 0.1) is 7.11 Å². The van der Waals surface area contributed by atoms with Crippen molar-refractivity contribution in [2.45, 2.75) is 10.1 Å². The minimum atomic E-state index is 0.519. The fraction of sp³-hybridized carbons (Fsp3) is 0.176. The molecule has 0 saturated heterocycles. The van der Waals surface area contributed by atoms with Gasteiger partial charge < -0.3 is 9.15 Å². The molecule has 0 atom stereocenters. The lowest BCUT2D eigenvalue weighted by atomic mass is 10.2. The van der Waals surface area contributed by atoms with Crippen molar-refractivity contribution >= 4 is 35.1 Å². The summed E-state index contributed by atoms with van der Waals surface area (Å²) in [5, 5.41) is 9.50. The van der Waals surface area contributed by atoms with E-state index in [1.54, 1.807) is 30.6 Å². The van der Waals surface area contributed by atoms with Crippen molar-refractivity contribution in [3.05, 3.63) is 53.6 Å². The number of rotatable bonds is 7. The maximum absolute atomic E-state index is 5.87. The Kier molecular flexibility index (Phi) is 6.07. The molecule has 3 aromatic rings. The summed E-state index contributed by atoms with van der Waals surface area (Å²) in [5.41, 5.74) is 0.880. The third-order valence-electron chi connectivity index (χ3n) is 3.13. The molecule has 0 fully saturated rings. The lowest BCUT2D eigenvalue weighted by molar-refractivity contribution is 0.414. The molecule has 124 valence electrons. The van der Waals surface area contributed by atoms with E-state index in [9.17, 15) is 0 Å². The quantitative estimate of drug-likeness (QED) is 0.411. The molecule has 0 bridgehead atoms. The Bertz CT molecular complexity index is 776. The van der Waals surface area contributed by atoms with Gasteiger partial charge >= 0.3 is 0 Å². The van der Waals surface area contributed by atoms with Crippen LogP contribution in [0.3, 0.4) is 0 Å². The Morgan fingerprint density at radius 3 is 2.38 bits per heavy atom. The van der Waals surface area contributed by atoms with Crippen LogP contribution in [0.5, 0.6) is 5.75 Å². The van der Waals surface area contributed by atoms with E-state index in [1.165, 1.54) is 4.90 Å². The molecule has 0 unspecified atom stereocenters. The molecule has 0 amide bonds. The second kappa shape index (κ2) is 8.46. The average Bonchev–Trinajstić information content (AvgIpc) is 3.09. The van der Waals surface area contributed by atoms with Crippen LogP contribution in [0.15, 0.2) is 63.1 Å². The summed E-state index contributed by atoms with van der Waals surface area (Å²) >= 11 is 9.20. The third kappa shape index (κ3) is 4.69. The van der Waals surface area contributed by atoms with Gasteiger partial charge in [-0.2, -0.15) is 0 Å². The molecule has 0 N–H and O–H groups in total. The van der Waals surface area contributed by atoms with Crippen LogP contribution in [0, 0.1) is 0 Å². The Morgan fingerprint density at radius 1 is 0.958 bits per heavy atom. The van der Waals surface area contributed by atoms with Crippen molar-refractivity contribution in [2.75, 3.05) is 18.6 Å². The van der Waals surface area contributed by atoms with Crippen LogP contribution in [0.4, 0.5) is 0 Å². The number of thioether (sulfide) groups is 2. The van der Waals surface area contributed by atoms with Gasteiger partial charge in [-0.1, -0.05) is 23.4 Å². The Labute approximate surface area is 154 Å². The SMILES string of the molecule is COc1ccc(-c2nnc(SCCSc3ccc(Cl)cc3)o2)cc1. The third-order valence-corrected chi connectivity index (χ3v) is 5.48. The van der Waals surface area contributed by atoms with Gasteiger partial charge in [0.15, 0.2) is 0 Å². The van der Waals surface area contributed by atoms with E-state index in [0.29, 0.717) is 11.1 Å². The highest BCUT2D eigenvalue weighted by molar-refractivity contribution is 8.02. The van der Waals surface area contributed by atoms with E-state index in [-0.39, 0.29) is 0 Å². The van der Waals surface area contributed by atoms with Crippen LogP contribution in [-0.2, 0) is 0 Å². The number of nitrogens with zero attached hydrogens (tertiary/aromatic N) is 2. The van der Waals surface area contributed by atoms with Crippen LogP contribution in [0.2, 0.25) is 5.02 Å². The van der Waals surface area contributed by atoms with Crippen molar-refractivity contribution in [3.8, 4) is 17.2 Å². The fourth-order valence-electron chi connectivity index (χ4n) is 1.94. The van der Waals surface area contributed by atoms with Gasteiger partial charge in [-0.05, 0) is 48.5 Å². The molecule has 0 aliphatic rings. The van der Waals surface area contributed by atoms with Gasteiger partial charge in [-0.25, -0.2) is 0 Å². The van der Waals surface area contributed by atoms with E-state index in [4.69, 9.17) is 20.8 Å². The monoisotopic (exact) mass is 378 g/mol. The minimum absolute atomic E-state index is 0.519.